The summed E-state index contributed by atoms with van der Waals surface area (Å²) >= 11 is 0. The minimum Gasteiger partial charge on any atom is -0.487 e. The molecule has 224 valence electrons. The van der Waals surface area contributed by atoms with Crippen molar-refractivity contribution in [3.05, 3.63) is 54.6 Å². The molecule has 41 heavy (non-hydrogen) atoms. The van der Waals surface area contributed by atoms with Crippen molar-refractivity contribution in [2.24, 2.45) is 11.8 Å². The van der Waals surface area contributed by atoms with Gasteiger partial charge in [0, 0.05) is 32.1 Å². The first-order valence-electron chi connectivity index (χ1n) is 13.9. The van der Waals surface area contributed by atoms with Gasteiger partial charge in [0.25, 0.3) is 5.92 Å². The number of ether oxygens (including phenoxy) is 4. The number of esters is 1. The van der Waals surface area contributed by atoms with Gasteiger partial charge in [-0.2, -0.15) is 8.78 Å². The Hall–Kier alpha value is -3.78. The Balaban J connectivity index is 0.000000420. The Morgan fingerprint density at radius 3 is 2.37 bits per heavy atom. The number of alkyl halides is 2. The Labute approximate surface area is 243 Å². The topological polar surface area (TPSA) is 71.1 Å². The standard InChI is InChI=1S/C18H24O5.C15H18F2O/c1-5-8-9-10-13-17(19)22-15(4)23-18(20)21-14-16(11-6-2)12-7-3;16-15(17,11-10-13-6-4-5-7-13)12-18-14-8-2-1-3-9-14/h2-3,5,8,15-16H,9-14H2,1,4H3;1-3,8-11,13H,4-7,12H2/b8-5-;11-10+. The van der Waals surface area contributed by atoms with Crippen molar-refractivity contribution in [3.63, 3.8) is 0 Å². The number of unbranched alkanes of at least 4 members (excludes halogenated alkanes) is 1. The van der Waals surface area contributed by atoms with Crippen LogP contribution in [-0.4, -0.2) is 37.6 Å². The Kier molecular flexibility index (Phi) is 18.1. The van der Waals surface area contributed by atoms with Gasteiger partial charge in [-0.25, -0.2) is 4.79 Å². The second-order valence-electron chi connectivity index (χ2n) is 9.65. The van der Waals surface area contributed by atoms with Crippen molar-refractivity contribution in [2.45, 2.75) is 83.8 Å². The number of hydrogen-bond donors (Lipinski definition) is 0. The normalized spacial score (nSPS) is 14.1. The lowest BCUT2D eigenvalue weighted by molar-refractivity contribution is -0.168. The number of para-hydroxylation sites is 1. The molecule has 1 fully saturated rings. The van der Waals surface area contributed by atoms with Gasteiger partial charge >= 0.3 is 12.1 Å². The van der Waals surface area contributed by atoms with Gasteiger partial charge in [-0.1, -0.05) is 49.3 Å². The van der Waals surface area contributed by atoms with Gasteiger partial charge in [-0.3, -0.25) is 4.79 Å². The average Bonchev–Trinajstić information content (AvgIpc) is 3.47. The quantitative estimate of drug-likeness (QED) is 0.0700. The van der Waals surface area contributed by atoms with E-state index in [1.54, 1.807) is 30.3 Å². The molecule has 0 aliphatic heterocycles. The van der Waals surface area contributed by atoms with E-state index in [0.717, 1.165) is 38.2 Å². The molecule has 0 N–H and O–H groups in total. The number of terminal acetylenes is 2. The summed E-state index contributed by atoms with van der Waals surface area (Å²) in [5, 5.41) is 0. The molecular formula is C33H42F2O6. The number of benzene rings is 1. The average molecular weight is 573 g/mol. The number of rotatable bonds is 15. The fourth-order valence-corrected chi connectivity index (χ4v) is 3.85. The molecule has 1 aliphatic rings. The summed E-state index contributed by atoms with van der Waals surface area (Å²) in [5.74, 6) is 2.32. The van der Waals surface area contributed by atoms with Crippen LogP contribution in [-0.2, 0) is 19.0 Å². The maximum absolute atomic E-state index is 13.6. The molecule has 0 aromatic heterocycles. The van der Waals surface area contributed by atoms with E-state index in [1.807, 2.05) is 25.1 Å². The maximum atomic E-state index is 13.6. The summed E-state index contributed by atoms with van der Waals surface area (Å²) in [6, 6.07) is 8.71. The molecule has 0 radical (unpaired) electrons. The van der Waals surface area contributed by atoms with Crippen LogP contribution in [0.5, 0.6) is 5.75 Å². The first-order chi connectivity index (χ1) is 19.7. The fraction of sp³-hybridized carbons (Fsp3) is 0.515. The van der Waals surface area contributed by atoms with Gasteiger partial charge in [0.1, 0.15) is 5.75 Å². The molecule has 1 saturated carbocycles. The van der Waals surface area contributed by atoms with E-state index in [2.05, 4.69) is 11.8 Å². The molecule has 6 nitrogen and oxygen atoms in total. The number of hydrogen-bond acceptors (Lipinski definition) is 6. The Morgan fingerprint density at radius 1 is 1.10 bits per heavy atom. The van der Waals surface area contributed by atoms with Crippen LogP contribution in [0.1, 0.15) is 71.6 Å². The lowest BCUT2D eigenvalue weighted by Crippen LogP contribution is -2.23. The lowest BCUT2D eigenvalue weighted by Gasteiger charge is -2.15. The van der Waals surface area contributed by atoms with Crippen LogP contribution >= 0.6 is 0 Å². The van der Waals surface area contributed by atoms with Crippen LogP contribution in [0.2, 0.25) is 0 Å². The van der Waals surface area contributed by atoms with Gasteiger partial charge in [0.2, 0.25) is 6.29 Å². The molecule has 0 amide bonds. The van der Waals surface area contributed by atoms with E-state index in [-0.39, 0.29) is 18.9 Å². The second-order valence-corrected chi connectivity index (χ2v) is 9.65. The van der Waals surface area contributed by atoms with Crippen LogP contribution in [0.4, 0.5) is 13.6 Å². The highest BCUT2D eigenvalue weighted by molar-refractivity contribution is 5.69. The van der Waals surface area contributed by atoms with Crippen LogP contribution < -0.4 is 4.74 Å². The molecule has 1 atom stereocenters. The van der Waals surface area contributed by atoms with Crippen molar-refractivity contribution in [2.75, 3.05) is 13.2 Å². The van der Waals surface area contributed by atoms with Crippen molar-refractivity contribution < 1.29 is 37.3 Å². The second kappa shape index (κ2) is 21.0. The van der Waals surface area contributed by atoms with Gasteiger partial charge in [0.05, 0.1) is 6.61 Å². The SMILES string of the molecule is C#CCC(CC#C)COC(=O)OC(C)OC(=O)CCC/C=C\C.FC(F)(/C=C/C1CCCC1)COc1ccccc1. The molecule has 0 bridgehead atoms. The van der Waals surface area contributed by atoms with Crippen molar-refractivity contribution in [1.29, 1.82) is 0 Å². The van der Waals surface area contributed by atoms with Gasteiger partial charge < -0.3 is 18.9 Å². The van der Waals surface area contributed by atoms with Gasteiger partial charge in [-0.15, -0.1) is 24.7 Å². The van der Waals surface area contributed by atoms with E-state index in [9.17, 15) is 18.4 Å². The van der Waals surface area contributed by atoms with Gasteiger partial charge in [-0.05, 0) is 56.7 Å². The third-order valence-electron chi connectivity index (χ3n) is 5.98. The lowest BCUT2D eigenvalue weighted by atomic mass is 10.0. The van der Waals surface area contributed by atoms with Crippen molar-refractivity contribution in [3.8, 4) is 30.4 Å². The molecular weight excluding hydrogens is 530 g/mol. The third-order valence-corrected chi connectivity index (χ3v) is 5.98. The van der Waals surface area contributed by atoms with E-state index in [0.29, 0.717) is 30.9 Å². The highest BCUT2D eigenvalue weighted by Crippen LogP contribution is 2.28. The summed E-state index contributed by atoms with van der Waals surface area (Å²) in [6.07, 6.45) is 22.0. The molecule has 1 aliphatic carbocycles. The predicted molar refractivity (Wildman–Crippen MR) is 155 cm³/mol. The fourth-order valence-electron chi connectivity index (χ4n) is 3.85. The minimum absolute atomic E-state index is 0.0667. The van der Waals surface area contributed by atoms with E-state index in [4.69, 9.17) is 31.8 Å². The summed E-state index contributed by atoms with van der Waals surface area (Å²) in [4.78, 5) is 23.0. The molecule has 0 spiro atoms. The van der Waals surface area contributed by atoms with Crippen LogP contribution in [0.15, 0.2) is 54.6 Å². The zero-order valence-corrected chi connectivity index (χ0v) is 24.1. The Bertz CT molecular complexity index is 1000. The molecule has 8 heteroatoms. The van der Waals surface area contributed by atoms with Gasteiger partial charge in [0.15, 0.2) is 6.61 Å². The zero-order chi connectivity index (χ0) is 30.3. The molecule has 1 aromatic rings. The summed E-state index contributed by atoms with van der Waals surface area (Å²) in [5.41, 5.74) is 0. The molecule has 1 aromatic carbocycles. The smallest absolute Gasteiger partial charge is 0.487 e. The highest BCUT2D eigenvalue weighted by Gasteiger charge is 2.27. The van der Waals surface area contributed by atoms with E-state index >= 15 is 0 Å². The predicted octanol–water partition coefficient (Wildman–Crippen LogP) is 7.89. The summed E-state index contributed by atoms with van der Waals surface area (Å²) in [6.45, 7) is 2.83. The number of carbonyl (C=O) groups is 2. The Morgan fingerprint density at radius 2 is 1.76 bits per heavy atom. The summed E-state index contributed by atoms with van der Waals surface area (Å²) in [7, 11) is 0. The largest absolute Gasteiger partial charge is 0.511 e. The molecule has 1 unspecified atom stereocenters. The monoisotopic (exact) mass is 572 g/mol. The number of carbonyl (C=O) groups excluding carboxylic acids is 2. The van der Waals surface area contributed by atoms with E-state index < -0.39 is 30.9 Å². The minimum atomic E-state index is -2.89. The van der Waals surface area contributed by atoms with Crippen LogP contribution in [0.25, 0.3) is 0 Å². The zero-order valence-electron chi connectivity index (χ0n) is 24.1. The first-order valence-corrected chi connectivity index (χ1v) is 13.9. The van der Waals surface area contributed by atoms with Crippen molar-refractivity contribution >= 4 is 12.1 Å². The van der Waals surface area contributed by atoms with Crippen LogP contribution in [0.3, 0.4) is 0 Å². The molecule has 0 heterocycles. The molecule has 2 rings (SSSR count). The van der Waals surface area contributed by atoms with E-state index in [1.165, 1.54) is 6.92 Å². The molecule has 0 saturated heterocycles. The number of halogens is 2. The first kappa shape index (κ1) is 35.2. The van der Waals surface area contributed by atoms with Crippen LogP contribution in [0, 0.1) is 36.5 Å². The maximum Gasteiger partial charge on any atom is 0.511 e. The number of allylic oxidation sites excluding steroid dienone is 3. The van der Waals surface area contributed by atoms with Crippen molar-refractivity contribution in [1.82, 2.24) is 0 Å². The third kappa shape index (κ3) is 18.2. The summed E-state index contributed by atoms with van der Waals surface area (Å²) < 4.78 is 46.9. The highest BCUT2D eigenvalue weighted by atomic mass is 19.3.